The number of carbonyl (C=O) groups excluding carboxylic acids is 1. The molecule has 0 aromatic carbocycles. The maximum absolute atomic E-state index is 12.5. The van der Waals surface area contributed by atoms with Crippen LogP contribution >= 0.6 is 11.6 Å². The minimum Gasteiger partial charge on any atom is -0.378 e. The fourth-order valence-corrected chi connectivity index (χ4v) is 1.87. The van der Waals surface area contributed by atoms with Gasteiger partial charge in [0.05, 0.1) is 13.2 Å². The molecule has 5 heteroatoms. The van der Waals surface area contributed by atoms with Crippen molar-refractivity contribution in [2.45, 2.75) is 26.8 Å². The summed E-state index contributed by atoms with van der Waals surface area (Å²) in [6.07, 6.45) is 1.64. The van der Waals surface area contributed by atoms with Crippen molar-refractivity contribution >= 4 is 17.5 Å². The smallest absolute Gasteiger partial charge is 0.273 e. The van der Waals surface area contributed by atoms with Crippen LogP contribution in [0, 0.1) is 6.92 Å². The number of aryl methyl sites for hydroxylation is 1. The molecule has 0 aliphatic rings. The van der Waals surface area contributed by atoms with Gasteiger partial charge in [-0.25, -0.2) is 0 Å². The fourth-order valence-electron chi connectivity index (χ4n) is 1.76. The summed E-state index contributed by atoms with van der Waals surface area (Å²) in [4.78, 5) is 18.4. The van der Waals surface area contributed by atoms with Crippen molar-refractivity contribution in [3.05, 3.63) is 29.6 Å². The van der Waals surface area contributed by atoms with E-state index >= 15 is 0 Å². The van der Waals surface area contributed by atoms with Gasteiger partial charge in [-0.3, -0.25) is 9.78 Å². The highest BCUT2D eigenvalue weighted by Gasteiger charge is 2.20. The number of hydrogen-bond donors (Lipinski definition) is 0. The predicted octanol–water partition coefficient (Wildman–Crippen LogP) is 2.50. The van der Waals surface area contributed by atoms with E-state index in [4.69, 9.17) is 16.3 Å². The molecule has 0 bridgehead atoms. The van der Waals surface area contributed by atoms with Crippen LogP contribution in [-0.4, -0.2) is 47.5 Å². The molecule has 1 amide bonds. The van der Waals surface area contributed by atoms with Gasteiger partial charge in [0, 0.05) is 24.7 Å². The highest BCUT2D eigenvalue weighted by atomic mass is 35.5. The summed E-state index contributed by atoms with van der Waals surface area (Å²) in [5.74, 6) is 0.414. The molecule has 0 unspecified atom stereocenters. The SMILES string of the molecule is Cc1cccnc1C(=O)N(CCOCCCl)C(C)C. The standard InChI is InChI=1S/C14H21ClN2O2/c1-11(2)17(8-10-19-9-6-15)14(18)13-12(3)5-4-7-16-13/h4-5,7,11H,6,8-10H2,1-3H3. The van der Waals surface area contributed by atoms with Gasteiger partial charge in [0.25, 0.3) is 5.91 Å². The highest BCUT2D eigenvalue weighted by molar-refractivity contribution is 6.17. The van der Waals surface area contributed by atoms with Gasteiger partial charge >= 0.3 is 0 Å². The molecular formula is C14H21ClN2O2. The fraction of sp³-hybridized carbons (Fsp3) is 0.571. The second kappa shape index (κ2) is 8.12. The van der Waals surface area contributed by atoms with Gasteiger partial charge in [-0.15, -0.1) is 11.6 Å². The van der Waals surface area contributed by atoms with Crippen LogP contribution in [-0.2, 0) is 4.74 Å². The van der Waals surface area contributed by atoms with Crippen LogP contribution in [0.1, 0.15) is 29.9 Å². The monoisotopic (exact) mass is 284 g/mol. The lowest BCUT2D eigenvalue weighted by atomic mass is 10.2. The summed E-state index contributed by atoms with van der Waals surface area (Å²) in [7, 11) is 0. The summed E-state index contributed by atoms with van der Waals surface area (Å²) < 4.78 is 5.33. The van der Waals surface area contributed by atoms with Gasteiger partial charge in [0.2, 0.25) is 0 Å². The first kappa shape index (κ1) is 15.9. The Hall–Kier alpha value is -1.13. The Kier molecular flexibility index (Phi) is 6.81. The van der Waals surface area contributed by atoms with Crippen LogP contribution in [0.5, 0.6) is 0 Å². The van der Waals surface area contributed by atoms with Gasteiger partial charge in [-0.1, -0.05) is 6.07 Å². The van der Waals surface area contributed by atoms with E-state index in [1.54, 1.807) is 11.1 Å². The van der Waals surface area contributed by atoms with E-state index in [1.807, 2.05) is 32.9 Å². The third-order valence-electron chi connectivity index (χ3n) is 2.79. The first-order valence-electron chi connectivity index (χ1n) is 6.44. The summed E-state index contributed by atoms with van der Waals surface area (Å²) in [5, 5.41) is 0. The largest absolute Gasteiger partial charge is 0.378 e. The Morgan fingerprint density at radius 1 is 1.47 bits per heavy atom. The van der Waals surface area contributed by atoms with Crippen LogP contribution in [0.3, 0.4) is 0 Å². The number of hydrogen-bond acceptors (Lipinski definition) is 3. The Balaban J connectivity index is 2.71. The second-order valence-corrected chi connectivity index (χ2v) is 4.94. The van der Waals surface area contributed by atoms with Crippen LogP contribution < -0.4 is 0 Å². The maximum atomic E-state index is 12.5. The van der Waals surface area contributed by atoms with E-state index < -0.39 is 0 Å². The lowest BCUT2D eigenvalue weighted by Gasteiger charge is -2.26. The van der Waals surface area contributed by atoms with E-state index in [9.17, 15) is 4.79 Å². The zero-order valence-electron chi connectivity index (χ0n) is 11.7. The number of aromatic nitrogens is 1. The summed E-state index contributed by atoms with van der Waals surface area (Å²) in [5.41, 5.74) is 1.40. The summed E-state index contributed by atoms with van der Waals surface area (Å²) in [6, 6.07) is 3.83. The second-order valence-electron chi connectivity index (χ2n) is 4.56. The quantitative estimate of drug-likeness (QED) is 0.571. The Labute approximate surface area is 119 Å². The molecule has 0 radical (unpaired) electrons. The van der Waals surface area contributed by atoms with Crippen LogP contribution in [0.25, 0.3) is 0 Å². The lowest BCUT2D eigenvalue weighted by Crippen LogP contribution is -2.40. The van der Waals surface area contributed by atoms with Crippen LogP contribution in [0.4, 0.5) is 0 Å². The zero-order valence-corrected chi connectivity index (χ0v) is 12.5. The molecule has 1 rings (SSSR count). The molecule has 0 atom stereocenters. The van der Waals surface area contributed by atoms with Crippen LogP contribution in [0.2, 0.25) is 0 Å². The van der Waals surface area contributed by atoms with Crippen LogP contribution in [0.15, 0.2) is 18.3 Å². The first-order chi connectivity index (χ1) is 9.07. The van der Waals surface area contributed by atoms with Crippen molar-refractivity contribution in [3.63, 3.8) is 0 Å². The van der Waals surface area contributed by atoms with E-state index in [0.717, 1.165) is 5.56 Å². The number of amides is 1. The summed E-state index contributed by atoms with van der Waals surface area (Å²) >= 11 is 5.54. The maximum Gasteiger partial charge on any atom is 0.273 e. The molecule has 0 aliphatic heterocycles. The minimum atomic E-state index is -0.0532. The van der Waals surface area contributed by atoms with Crippen molar-refractivity contribution in [2.75, 3.05) is 25.6 Å². The number of pyridine rings is 1. The molecule has 0 fully saturated rings. The van der Waals surface area contributed by atoms with E-state index in [-0.39, 0.29) is 11.9 Å². The van der Waals surface area contributed by atoms with E-state index in [0.29, 0.717) is 31.3 Å². The van der Waals surface area contributed by atoms with Crippen molar-refractivity contribution in [2.24, 2.45) is 0 Å². The molecule has 0 saturated heterocycles. The molecule has 1 aromatic rings. The number of nitrogens with zero attached hydrogens (tertiary/aromatic N) is 2. The average molecular weight is 285 g/mol. The van der Waals surface area contributed by atoms with Gasteiger partial charge < -0.3 is 9.64 Å². The third-order valence-corrected chi connectivity index (χ3v) is 2.95. The Morgan fingerprint density at radius 2 is 2.21 bits per heavy atom. The average Bonchev–Trinajstić information content (AvgIpc) is 2.38. The van der Waals surface area contributed by atoms with Crippen molar-refractivity contribution in [1.29, 1.82) is 0 Å². The molecule has 1 aromatic heterocycles. The Morgan fingerprint density at radius 3 is 2.79 bits per heavy atom. The van der Waals surface area contributed by atoms with Gasteiger partial charge in [-0.2, -0.15) is 0 Å². The highest BCUT2D eigenvalue weighted by Crippen LogP contribution is 2.10. The molecule has 0 saturated carbocycles. The number of alkyl halides is 1. The predicted molar refractivity (Wildman–Crippen MR) is 76.7 cm³/mol. The lowest BCUT2D eigenvalue weighted by molar-refractivity contribution is 0.0589. The summed E-state index contributed by atoms with van der Waals surface area (Å²) in [6.45, 7) is 7.40. The number of carbonyl (C=O) groups is 1. The van der Waals surface area contributed by atoms with E-state index in [1.165, 1.54) is 0 Å². The van der Waals surface area contributed by atoms with Crippen molar-refractivity contribution in [3.8, 4) is 0 Å². The molecule has 0 N–H and O–H groups in total. The number of rotatable bonds is 7. The van der Waals surface area contributed by atoms with Gasteiger partial charge in [0.15, 0.2) is 0 Å². The molecule has 0 spiro atoms. The third kappa shape index (κ3) is 4.80. The Bertz CT molecular complexity index is 410. The topological polar surface area (TPSA) is 42.4 Å². The number of halogens is 1. The first-order valence-corrected chi connectivity index (χ1v) is 6.97. The van der Waals surface area contributed by atoms with Crippen molar-refractivity contribution < 1.29 is 9.53 Å². The van der Waals surface area contributed by atoms with Gasteiger partial charge in [0.1, 0.15) is 5.69 Å². The van der Waals surface area contributed by atoms with Gasteiger partial charge in [-0.05, 0) is 32.4 Å². The minimum absolute atomic E-state index is 0.0532. The normalized spacial score (nSPS) is 10.8. The molecule has 4 nitrogen and oxygen atoms in total. The number of ether oxygens (including phenoxy) is 1. The zero-order chi connectivity index (χ0) is 14.3. The molecule has 0 aliphatic carbocycles. The van der Waals surface area contributed by atoms with Crippen molar-refractivity contribution in [1.82, 2.24) is 9.88 Å². The van der Waals surface area contributed by atoms with E-state index in [2.05, 4.69) is 4.98 Å². The molecule has 1 heterocycles. The molecule has 19 heavy (non-hydrogen) atoms. The molecule has 106 valence electrons. The molecular weight excluding hydrogens is 264 g/mol.